The number of aromatic nitrogens is 1. The summed E-state index contributed by atoms with van der Waals surface area (Å²) < 4.78 is 6.26. The second kappa shape index (κ2) is 5.66. The van der Waals surface area contributed by atoms with Crippen molar-refractivity contribution < 1.29 is 4.52 Å². The van der Waals surface area contributed by atoms with Crippen molar-refractivity contribution in [2.24, 2.45) is 0 Å². The lowest BCUT2D eigenvalue weighted by Crippen LogP contribution is -1.90. The Morgan fingerprint density at radius 1 is 1.19 bits per heavy atom. The molecule has 0 saturated heterocycles. The maximum absolute atomic E-state index is 5.98. The average Bonchev–Trinajstić information content (AvgIpc) is 3.05. The van der Waals surface area contributed by atoms with Gasteiger partial charge in [0, 0.05) is 10.9 Å². The number of nitrogen functional groups attached to an aromatic ring is 1. The second-order valence-electron chi connectivity index (χ2n) is 5.19. The summed E-state index contributed by atoms with van der Waals surface area (Å²) in [7, 11) is 0. The van der Waals surface area contributed by atoms with E-state index in [0.717, 1.165) is 26.2 Å². The molecule has 3 rings (SSSR count). The molecule has 1 aromatic carbocycles. The molecule has 3 nitrogen and oxygen atoms in total. The van der Waals surface area contributed by atoms with Crippen molar-refractivity contribution in [3.63, 3.8) is 0 Å². The summed E-state index contributed by atoms with van der Waals surface area (Å²) >= 11 is 5.08. The molecule has 0 saturated carbocycles. The predicted molar refractivity (Wildman–Crippen MR) is 91.5 cm³/mol. The van der Waals surface area contributed by atoms with Crippen LogP contribution in [0.5, 0.6) is 0 Å². The van der Waals surface area contributed by atoms with Crippen LogP contribution in [0.2, 0.25) is 0 Å². The number of rotatable bonds is 3. The van der Waals surface area contributed by atoms with Crippen LogP contribution in [0.25, 0.3) is 22.4 Å². The number of nitrogens with two attached hydrogens (primary N) is 1. The normalized spacial score (nSPS) is 11.2. The number of benzene rings is 1. The van der Waals surface area contributed by atoms with E-state index < -0.39 is 0 Å². The van der Waals surface area contributed by atoms with Gasteiger partial charge in [0.1, 0.15) is 5.69 Å². The van der Waals surface area contributed by atoms with Crippen LogP contribution in [-0.2, 0) is 0 Å². The van der Waals surface area contributed by atoms with Crippen molar-refractivity contribution in [3.05, 3.63) is 45.1 Å². The van der Waals surface area contributed by atoms with Gasteiger partial charge in [-0.25, -0.2) is 0 Å². The standard InChI is InChI=1S/C16H15BrN2OS/c1-9(2)10-3-5-11(6-4-10)14-15(19-20-16(14)18)12-7-13(17)21-8-12/h3-9H,18H2,1-2H3. The minimum atomic E-state index is 0.351. The maximum atomic E-state index is 5.98. The topological polar surface area (TPSA) is 52.0 Å². The first-order valence-corrected chi connectivity index (χ1v) is 8.33. The molecule has 3 aromatic rings. The van der Waals surface area contributed by atoms with Crippen molar-refractivity contribution in [1.29, 1.82) is 0 Å². The first kappa shape index (κ1) is 14.4. The van der Waals surface area contributed by atoms with Gasteiger partial charge in [0.05, 0.1) is 9.35 Å². The van der Waals surface area contributed by atoms with Gasteiger partial charge in [-0.15, -0.1) is 11.3 Å². The maximum Gasteiger partial charge on any atom is 0.230 e. The highest BCUT2D eigenvalue weighted by molar-refractivity contribution is 9.11. The molecule has 108 valence electrons. The fourth-order valence-electron chi connectivity index (χ4n) is 2.25. The number of thiophene rings is 1. The minimum Gasteiger partial charge on any atom is -0.367 e. The molecule has 0 radical (unpaired) electrons. The Balaban J connectivity index is 2.08. The zero-order valence-corrected chi connectivity index (χ0v) is 14.2. The van der Waals surface area contributed by atoms with E-state index in [-0.39, 0.29) is 0 Å². The van der Waals surface area contributed by atoms with E-state index in [1.807, 2.05) is 11.4 Å². The molecule has 0 spiro atoms. The molecule has 0 bridgehead atoms. The molecular weight excluding hydrogens is 348 g/mol. The van der Waals surface area contributed by atoms with Gasteiger partial charge in [0.2, 0.25) is 5.88 Å². The van der Waals surface area contributed by atoms with Crippen LogP contribution < -0.4 is 5.73 Å². The number of halogens is 1. The summed E-state index contributed by atoms with van der Waals surface area (Å²) in [6.45, 7) is 4.36. The fourth-order valence-corrected chi connectivity index (χ4v) is 3.39. The summed E-state index contributed by atoms with van der Waals surface area (Å²) in [5.41, 5.74) is 11.0. The van der Waals surface area contributed by atoms with Crippen molar-refractivity contribution in [2.75, 3.05) is 5.73 Å². The molecule has 21 heavy (non-hydrogen) atoms. The Hall–Kier alpha value is -1.59. The molecule has 2 N–H and O–H groups in total. The zero-order chi connectivity index (χ0) is 15.0. The van der Waals surface area contributed by atoms with Crippen LogP contribution in [0.1, 0.15) is 25.3 Å². The lowest BCUT2D eigenvalue weighted by Gasteiger charge is -2.07. The molecule has 2 aromatic heterocycles. The molecule has 0 aliphatic carbocycles. The van der Waals surface area contributed by atoms with Crippen LogP contribution in [0.4, 0.5) is 5.88 Å². The van der Waals surface area contributed by atoms with E-state index in [2.05, 4.69) is 59.2 Å². The Morgan fingerprint density at radius 3 is 2.48 bits per heavy atom. The van der Waals surface area contributed by atoms with E-state index in [4.69, 9.17) is 10.3 Å². The second-order valence-corrected chi connectivity index (χ2v) is 7.48. The SMILES string of the molecule is CC(C)c1ccc(-c2c(-c3csc(Br)c3)noc2N)cc1. The van der Waals surface area contributed by atoms with Crippen molar-refractivity contribution in [1.82, 2.24) is 5.16 Å². The third-order valence-corrected chi connectivity index (χ3v) is 4.93. The van der Waals surface area contributed by atoms with Crippen LogP contribution in [-0.4, -0.2) is 5.16 Å². The number of hydrogen-bond donors (Lipinski definition) is 1. The first-order chi connectivity index (χ1) is 10.1. The Labute approximate surface area is 135 Å². The van der Waals surface area contributed by atoms with Gasteiger partial charge < -0.3 is 10.3 Å². The lowest BCUT2D eigenvalue weighted by molar-refractivity contribution is 0.439. The Morgan fingerprint density at radius 2 is 1.90 bits per heavy atom. The molecule has 0 aliphatic rings. The van der Waals surface area contributed by atoms with Crippen molar-refractivity contribution in [3.8, 4) is 22.4 Å². The summed E-state index contributed by atoms with van der Waals surface area (Å²) in [6.07, 6.45) is 0. The fraction of sp³-hybridized carbons (Fsp3) is 0.188. The van der Waals surface area contributed by atoms with Gasteiger partial charge in [-0.2, -0.15) is 0 Å². The minimum absolute atomic E-state index is 0.351. The predicted octanol–water partition coefficient (Wildman–Crippen LogP) is 5.54. The first-order valence-electron chi connectivity index (χ1n) is 6.66. The molecule has 0 amide bonds. The zero-order valence-electron chi connectivity index (χ0n) is 11.8. The van der Waals surface area contributed by atoms with Crippen molar-refractivity contribution >= 4 is 33.2 Å². The largest absolute Gasteiger partial charge is 0.367 e. The summed E-state index contributed by atoms with van der Waals surface area (Å²) in [5.74, 6) is 0.857. The number of anilines is 1. The van der Waals surface area contributed by atoms with Crippen LogP contribution in [0.15, 0.2) is 44.0 Å². The lowest BCUT2D eigenvalue weighted by atomic mass is 9.97. The summed E-state index contributed by atoms with van der Waals surface area (Å²) in [4.78, 5) is 0. The average molecular weight is 363 g/mol. The van der Waals surface area contributed by atoms with Crippen molar-refractivity contribution in [2.45, 2.75) is 19.8 Å². The quantitative estimate of drug-likeness (QED) is 0.665. The van der Waals surface area contributed by atoms with Gasteiger partial charge in [0.15, 0.2) is 0 Å². The molecule has 5 heteroatoms. The smallest absolute Gasteiger partial charge is 0.230 e. The molecule has 2 heterocycles. The summed E-state index contributed by atoms with van der Waals surface area (Å²) in [6, 6.07) is 10.4. The number of nitrogens with zero attached hydrogens (tertiary/aromatic N) is 1. The van der Waals surface area contributed by atoms with E-state index in [1.165, 1.54) is 5.56 Å². The third kappa shape index (κ3) is 2.76. The molecule has 0 unspecified atom stereocenters. The van der Waals surface area contributed by atoms with Gasteiger partial charge in [-0.05, 0) is 39.0 Å². The van der Waals surface area contributed by atoms with E-state index in [0.29, 0.717) is 11.8 Å². The van der Waals surface area contributed by atoms with E-state index in [9.17, 15) is 0 Å². The van der Waals surface area contributed by atoms with Gasteiger partial charge in [-0.1, -0.05) is 43.3 Å². The Kier molecular flexibility index (Phi) is 3.87. The molecule has 0 aliphatic heterocycles. The third-order valence-electron chi connectivity index (χ3n) is 3.43. The van der Waals surface area contributed by atoms with E-state index >= 15 is 0 Å². The number of hydrogen-bond acceptors (Lipinski definition) is 4. The Bertz CT molecular complexity index is 759. The molecule has 0 atom stereocenters. The van der Waals surface area contributed by atoms with Crippen LogP contribution in [0, 0.1) is 0 Å². The van der Waals surface area contributed by atoms with Crippen LogP contribution >= 0.6 is 27.3 Å². The highest BCUT2D eigenvalue weighted by atomic mass is 79.9. The van der Waals surface area contributed by atoms with Gasteiger partial charge in [0.25, 0.3) is 0 Å². The van der Waals surface area contributed by atoms with Gasteiger partial charge >= 0.3 is 0 Å². The molecule has 0 fully saturated rings. The molecular formula is C16H15BrN2OS. The highest BCUT2D eigenvalue weighted by Crippen LogP contribution is 2.39. The summed E-state index contributed by atoms with van der Waals surface area (Å²) in [5, 5.41) is 6.15. The van der Waals surface area contributed by atoms with E-state index in [1.54, 1.807) is 11.3 Å². The van der Waals surface area contributed by atoms with Crippen LogP contribution in [0.3, 0.4) is 0 Å². The monoisotopic (exact) mass is 362 g/mol. The van der Waals surface area contributed by atoms with Gasteiger partial charge in [-0.3, -0.25) is 0 Å². The highest BCUT2D eigenvalue weighted by Gasteiger charge is 2.18.